The molecule has 0 unspecified atom stereocenters. The molecule has 3 rings (SSSR count). The molecule has 2 aromatic rings. The standard InChI is InChI=1S/C17H20N8O/c1-4-25-14(5-9(2)24-25)17-21-16(22-23-17)11-6-10(15(19)26)7-13(18)12(11)8-20-3/h5-8,18,20H,4H2,1-3H3,(H2,19,26)(H,21,22,23)/b12-8-,18-13?. The molecule has 0 saturated carbocycles. The van der Waals surface area contributed by atoms with E-state index in [-0.39, 0.29) is 11.3 Å². The Bertz CT molecular complexity index is 973. The van der Waals surface area contributed by atoms with Crippen molar-refractivity contribution in [2.24, 2.45) is 5.73 Å². The van der Waals surface area contributed by atoms with Crippen molar-refractivity contribution in [1.82, 2.24) is 30.3 Å². The van der Waals surface area contributed by atoms with E-state index in [1.807, 2.05) is 24.6 Å². The molecule has 9 heteroatoms. The topological polar surface area (TPSA) is 138 Å². The first-order chi connectivity index (χ1) is 12.4. The number of H-pyrrole nitrogens is 1. The third-order valence-electron chi connectivity index (χ3n) is 3.92. The Morgan fingerprint density at radius 1 is 1.46 bits per heavy atom. The first kappa shape index (κ1) is 17.3. The fourth-order valence-corrected chi connectivity index (χ4v) is 2.75. The highest BCUT2D eigenvalue weighted by Crippen LogP contribution is 2.28. The number of nitrogens with two attached hydrogens (primary N) is 1. The summed E-state index contributed by atoms with van der Waals surface area (Å²) in [4.78, 5) is 16.1. The highest BCUT2D eigenvalue weighted by Gasteiger charge is 2.23. The summed E-state index contributed by atoms with van der Waals surface area (Å²) in [5, 5.41) is 22.7. The van der Waals surface area contributed by atoms with Crippen LogP contribution in [-0.4, -0.2) is 43.6 Å². The molecule has 26 heavy (non-hydrogen) atoms. The number of carbonyl (C=O) groups excluding carboxylic acids is 1. The molecule has 0 radical (unpaired) electrons. The van der Waals surface area contributed by atoms with E-state index < -0.39 is 5.91 Å². The number of hydrogen-bond donors (Lipinski definition) is 4. The first-order valence-electron chi connectivity index (χ1n) is 8.12. The van der Waals surface area contributed by atoms with Crippen LogP contribution in [0.1, 0.15) is 18.4 Å². The third kappa shape index (κ3) is 3.06. The summed E-state index contributed by atoms with van der Waals surface area (Å²) >= 11 is 0. The van der Waals surface area contributed by atoms with Crippen LogP contribution in [-0.2, 0) is 11.3 Å². The second-order valence-corrected chi connectivity index (χ2v) is 5.78. The quantitative estimate of drug-likeness (QED) is 0.634. The number of nitrogens with zero attached hydrogens (tertiary/aromatic N) is 4. The molecule has 1 amide bonds. The van der Waals surface area contributed by atoms with Gasteiger partial charge in [-0.3, -0.25) is 14.6 Å². The zero-order chi connectivity index (χ0) is 18.8. The van der Waals surface area contributed by atoms with E-state index in [9.17, 15) is 4.79 Å². The van der Waals surface area contributed by atoms with E-state index in [1.165, 1.54) is 6.08 Å². The summed E-state index contributed by atoms with van der Waals surface area (Å²) in [7, 11) is 1.74. The molecule has 1 aliphatic carbocycles. The van der Waals surface area contributed by atoms with Crippen molar-refractivity contribution in [3.05, 3.63) is 47.1 Å². The molecule has 9 nitrogen and oxygen atoms in total. The van der Waals surface area contributed by atoms with Crippen LogP contribution in [0.5, 0.6) is 0 Å². The van der Waals surface area contributed by atoms with E-state index in [0.717, 1.165) is 11.4 Å². The van der Waals surface area contributed by atoms with Crippen molar-refractivity contribution in [1.29, 1.82) is 5.41 Å². The van der Waals surface area contributed by atoms with Crippen LogP contribution in [0, 0.1) is 12.3 Å². The fraction of sp³-hybridized carbons (Fsp3) is 0.235. The molecule has 1 aliphatic rings. The van der Waals surface area contributed by atoms with E-state index in [0.29, 0.717) is 29.3 Å². The van der Waals surface area contributed by atoms with Gasteiger partial charge < -0.3 is 16.5 Å². The van der Waals surface area contributed by atoms with Gasteiger partial charge in [-0.15, -0.1) is 0 Å². The molecular formula is C17H20N8O. The number of primary amides is 1. The third-order valence-corrected chi connectivity index (χ3v) is 3.92. The monoisotopic (exact) mass is 352 g/mol. The Morgan fingerprint density at radius 2 is 2.23 bits per heavy atom. The fourth-order valence-electron chi connectivity index (χ4n) is 2.75. The van der Waals surface area contributed by atoms with Crippen LogP contribution in [0.3, 0.4) is 0 Å². The Kier molecular flexibility index (Phi) is 4.53. The van der Waals surface area contributed by atoms with Gasteiger partial charge in [0.25, 0.3) is 0 Å². The van der Waals surface area contributed by atoms with Crippen LogP contribution in [0.25, 0.3) is 17.1 Å². The molecule has 2 heterocycles. The second-order valence-electron chi connectivity index (χ2n) is 5.78. The number of amides is 1. The lowest BCUT2D eigenvalue weighted by Crippen LogP contribution is -2.19. The minimum atomic E-state index is -0.602. The maximum absolute atomic E-state index is 11.6. The van der Waals surface area contributed by atoms with E-state index >= 15 is 0 Å². The summed E-state index contributed by atoms with van der Waals surface area (Å²) < 4.78 is 1.82. The number of aromatic nitrogens is 5. The number of allylic oxidation sites excluding steroid dienone is 3. The number of carbonyl (C=O) groups is 1. The smallest absolute Gasteiger partial charge is 0.248 e. The molecule has 2 aromatic heterocycles. The predicted molar refractivity (Wildman–Crippen MR) is 98.1 cm³/mol. The van der Waals surface area contributed by atoms with Crippen molar-refractivity contribution in [3.8, 4) is 11.5 Å². The summed E-state index contributed by atoms with van der Waals surface area (Å²) in [6.45, 7) is 4.60. The zero-order valence-electron chi connectivity index (χ0n) is 14.8. The first-order valence-corrected chi connectivity index (χ1v) is 8.12. The maximum atomic E-state index is 11.6. The largest absolute Gasteiger partial charge is 0.393 e. The zero-order valence-corrected chi connectivity index (χ0v) is 14.8. The highest BCUT2D eigenvalue weighted by molar-refractivity contribution is 6.22. The minimum Gasteiger partial charge on any atom is -0.393 e. The molecule has 0 aliphatic heterocycles. The van der Waals surface area contributed by atoms with E-state index in [4.69, 9.17) is 11.1 Å². The molecule has 0 fully saturated rings. The van der Waals surface area contributed by atoms with Gasteiger partial charge in [-0.05, 0) is 32.1 Å². The predicted octanol–water partition coefficient (Wildman–Crippen LogP) is 0.928. The number of rotatable bonds is 5. The second kappa shape index (κ2) is 6.79. The van der Waals surface area contributed by atoms with Gasteiger partial charge in [-0.25, -0.2) is 4.98 Å². The van der Waals surface area contributed by atoms with Crippen LogP contribution in [0.15, 0.2) is 35.6 Å². The molecule has 0 saturated heterocycles. The van der Waals surface area contributed by atoms with Crippen LogP contribution in [0.2, 0.25) is 0 Å². The van der Waals surface area contributed by atoms with Gasteiger partial charge in [0.05, 0.1) is 11.4 Å². The number of nitrogens with one attached hydrogen (secondary N) is 3. The Hall–Kier alpha value is -3.49. The molecule has 0 atom stereocenters. The van der Waals surface area contributed by atoms with Crippen molar-refractivity contribution in [2.45, 2.75) is 20.4 Å². The minimum absolute atomic E-state index is 0.165. The summed E-state index contributed by atoms with van der Waals surface area (Å²) in [5.74, 6) is 0.337. The lowest BCUT2D eigenvalue weighted by atomic mass is 9.92. The maximum Gasteiger partial charge on any atom is 0.248 e. The van der Waals surface area contributed by atoms with Crippen LogP contribution >= 0.6 is 0 Å². The SMILES string of the molecule is CCn1nc(C)cc1-c1n[nH]c(C2=CC(C(N)=O)=CC(=N)/C2=C\NC)n1. The Labute approximate surface area is 150 Å². The van der Waals surface area contributed by atoms with Crippen molar-refractivity contribution >= 4 is 17.2 Å². The molecule has 0 aromatic carbocycles. The lowest BCUT2D eigenvalue weighted by molar-refractivity contribution is -0.114. The van der Waals surface area contributed by atoms with Gasteiger partial charge >= 0.3 is 0 Å². The summed E-state index contributed by atoms with van der Waals surface area (Å²) in [5.41, 5.74) is 8.61. The summed E-state index contributed by atoms with van der Waals surface area (Å²) in [6, 6.07) is 1.91. The number of hydrogen-bond acceptors (Lipinski definition) is 6. The lowest BCUT2D eigenvalue weighted by Gasteiger charge is -2.15. The molecule has 0 spiro atoms. The van der Waals surface area contributed by atoms with Gasteiger partial charge in [0.15, 0.2) is 11.6 Å². The average Bonchev–Trinajstić information content (AvgIpc) is 3.22. The Balaban J connectivity index is 2.08. The normalized spacial score (nSPS) is 15.8. The van der Waals surface area contributed by atoms with Crippen molar-refractivity contribution in [3.63, 3.8) is 0 Å². The molecule has 0 bridgehead atoms. The number of aromatic amines is 1. The van der Waals surface area contributed by atoms with E-state index in [2.05, 4.69) is 25.6 Å². The van der Waals surface area contributed by atoms with Gasteiger partial charge in [0.2, 0.25) is 5.91 Å². The average molecular weight is 352 g/mol. The van der Waals surface area contributed by atoms with Gasteiger partial charge in [0.1, 0.15) is 5.69 Å². The molecule has 5 N–H and O–H groups in total. The van der Waals surface area contributed by atoms with E-state index in [1.54, 1.807) is 19.3 Å². The highest BCUT2D eigenvalue weighted by atomic mass is 16.1. The summed E-state index contributed by atoms with van der Waals surface area (Å²) in [6.07, 6.45) is 4.71. The van der Waals surface area contributed by atoms with Crippen LogP contribution < -0.4 is 11.1 Å². The van der Waals surface area contributed by atoms with Crippen molar-refractivity contribution < 1.29 is 4.79 Å². The Morgan fingerprint density at radius 3 is 2.88 bits per heavy atom. The van der Waals surface area contributed by atoms with Gasteiger partial charge in [-0.1, -0.05) is 0 Å². The van der Waals surface area contributed by atoms with Gasteiger partial charge in [-0.2, -0.15) is 10.2 Å². The molecule has 134 valence electrons. The van der Waals surface area contributed by atoms with Crippen molar-refractivity contribution in [2.75, 3.05) is 7.05 Å². The molecular weight excluding hydrogens is 332 g/mol. The number of aryl methyl sites for hydroxylation is 2. The van der Waals surface area contributed by atoms with Gasteiger partial charge in [0, 0.05) is 36.5 Å². The van der Waals surface area contributed by atoms with Crippen LogP contribution in [0.4, 0.5) is 0 Å².